The smallest absolute Gasteiger partial charge is 0.330 e. The van der Waals surface area contributed by atoms with Crippen LogP contribution in [0.3, 0.4) is 0 Å². The molecule has 1 heterocycles. The van der Waals surface area contributed by atoms with Crippen LogP contribution in [0.2, 0.25) is 0 Å². The molecule has 0 saturated heterocycles. The number of nitrogens with zero attached hydrogens (tertiary/aromatic N) is 1. The van der Waals surface area contributed by atoms with Gasteiger partial charge in [0.25, 0.3) is 0 Å². The van der Waals surface area contributed by atoms with Gasteiger partial charge in [0.05, 0.1) is 7.11 Å². The van der Waals surface area contributed by atoms with Gasteiger partial charge in [0.1, 0.15) is 0 Å². The third-order valence-electron chi connectivity index (χ3n) is 3.45. The monoisotopic (exact) mass is 310 g/mol. The third-order valence-corrected chi connectivity index (χ3v) is 3.45. The van der Waals surface area contributed by atoms with Crippen molar-refractivity contribution in [3.8, 4) is 0 Å². The predicted octanol–water partition coefficient (Wildman–Crippen LogP) is 2.76. The lowest BCUT2D eigenvalue weighted by Crippen LogP contribution is -2.20. The molecule has 0 bridgehead atoms. The molecule has 0 amide bonds. The summed E-state index contributed by atoms with van der Waals surface area (Å²) in [5.41, 5.74) is 3.40. The van der Waals surface area contributed by atoms with E-state index in [1.807, 2.05) is 36.5 Å². The van der Waals surface area contributed by atoms with Crippen molar-refractivity contribution in [1.29, 1.82) is 0 Å². The molecule has 1 aliphatic rings. The lowest BCUT2D eigenvalue weighted by molar-refractivity contribution is -0.134. The second-order valence-electron chi connectivity index (χ2n) is 5.20. The SMILES string of the molecule is COC(=O)/C=C/C1=CC=C(CNCCc2ccccn2)CC=C1. The van der Waals surface area contributed by atoms with Gasteiger partial charge >= 0.3 is 5.97 Å². The molecule has 0 saturated carbocycles. The zero-order valence-corrected chi connectivity index (χ0v) is 13.4. The molecule has 1 aliphatic carbocycles. The first kappa shape index (κ1) is 16.9. The summed E-state index contributed by atoms with van der Waals surface area (Å²) >= 11 is 0. The van der Waals surface area contributed by atoms with Crippen LogP contribution in [0.1, 0.15) is 12.1 Å². The third kappa shape index (κ3) is 6.45. The highest BCUT2D eigenvalue weighted by atomic mass is 16.5. The van der Waals surface area contributed by atoms with E-state index in [-0.39, 0.29) is 5.97 Å². The molecule has 1 aromatic rings. The zero-order chi connectivity index (χ0) is 16.3. The van der Waals surface area contributed by atoms with Gasteiger partial charge < -0.3 is 10.1 Å². The molecule has 1 aromatic heterocycles. The first-order chi connectivity index (χ1) is 11.3. The normalized spacial score (nSPS) is 14.3. The molecule has 4 heteroatoms. The summed E-state index contributed by atoms with van der Waals surface area (Å²) in [6.07, 6.45) is 15.1. The second-order valence-corrected chi connectivity index (χ2v) is 5.20. The zero-order valence-electron chi connectivity index (χ0n) is 13.4. The minimum absolute atomic E-state index is 0.344. The largest absolute Gasteiger partial charge is 0.466 e. The Morgan fingerprint density at radius 1 is 1.39 bits per heavy atom. The number of nitrogens with one attached hydrogen (secondary N) is 1. The number of pyridine rings is 1. The van der Waals surface area contributed by atoms with Gasteiger partial charge in [-0.25, -0.2) is 4.79 Å². The van der Waals surface area contributed by atoms with Crippen molar-refractivity contribution < 1.29 is 9.53 Å². The summed E-state index contributed by atoms with van der Waals surface area (Å²) in [6, 6.07) is 5.98. The molecule has 0 aliphatic heterocycles. The van der Waals surface area contributed by atoms with Gasteiger partial charge in [-0.3, -0.25) is 4.98 Å². The van der Waals surface area contributed by atoms with E-state index in [1.165, 1.54) is 18.8 Å². The quantitative estimate of drug-likeness (QED) is 0.478. The van der Waals surface area contributed by atoms with E-state index >= 15 is 0 Å². The molecule has 0 fully saturated rings. The number of allylic oxidation sites excluding steroid dienone is 6. The van der Waals surface area contributed by atoms with Crippen LogP contribution < -0.4 is 5.32 Å². The van der Waals surface area contributed by atoms with E-state index < -0.39 is 0 Å². The fourth-order valence-corrected chi connectivity index (χ4v) is 2.17. The number of carbonyl (C=O) groups is 1. The topological polar surface area (TPSA) is 51.2 Å². The summed E-state index contributed by atoms with van der Waals surface area (Å²) < 4.78 is 4.59. The summed E-state index contributed by atoms with van der Waals surface area (Å²) in [5.74, 6) is -0.344. The van der Waals surface area contributed by atoms with E-state index in [9.17, 15) is 4.79 Å². The Hall–Kier alpha value is -2.46. The minimum atomic E-state index is -0.344. The van der Waals surface area contributed by atoms with E-state index in [4.69, 9.17) is 0 Å². The van der Waals surface area contributed by atoms with Gasteiger partial charge in [-0.2, -0.15) is 0 Å². The fourth-order valence-electron chi connectivity index (χ4n) is 2.17. The molecule has 2 rings (SSSR count). The Labute approximate surface area is 137 Å². The first-order valence-electron chi connectivity index (χ1n) is 7.71. The van der Waals surface area contributed by atoms with Crippen molar-refractivity contribution in [2.24, 2.45) is 0 Å². The highest BCUT2D eigenvalue weighted by Gasteiger charge is 2.00. The highest BCUT2D eigenvalue weighted by Crippen LogP contribution is 2.11. The van der Waals surface area contributed by atoms with E-state index in [0.717, 1.165) is 37.2 Å². The van der Waals surface area contributed by atoms with Crippen LogP contribution >= 0.6 is 0 Å². The molecular weight excluding hydrogens is 288 g/mol. The van der Waals surface area contributed by atoms with E-state index in [1.54, 1.807) is 6.08 Å². The molecule has 0 aromatic carbocycles. The minimum Gasteiger partial charge on any atom is -0.466 e. The Balaban J connectivity index is 1.78. The van der Waals surface area contributed by atoms with Crippen LogP contribution in [0, 0.1) is 0 Å². The maximum absolute atomic E-state index is 11.1. The summed E-state index contributed by atoms with van der Waals surface area (Å²) in [5, 5.41) is 3.44. The van der Waals surface area contributed by atoms with E-state index in [0.29, 0.717) is 0 Å². The molecule has 23 heavy (non-hydrogen) atoms. The Bertz CT molecular complexity index is 628. The summed E-state index contributed by atoms with van der Waals surface area (Å²) in [4.78, 5) is 15.4. The molecule has 1 N–H and O–H groups in total. The number of aromatic nitrogens is 1. The average molecular weight is 310 g/mol. The molecule has 0 spiro atoms. The van der Waals surface area contributed by atoms with Crippen molar-refractivity contribution in [2.45, 2.75) is 12.8 Å². The summed E-state index contributed by atoms with van der Waals surface area (Å²) in [7, 11) is 1.37. The lowest BCUT2D eigenvalue weighted by Gasteiger charge is -2.06. The van der Waals surface area contributed by atoms with Gasteiger partial charge in [-0.05, 0) is 30.2 Å². The second kappa shape index (κ2) is 9.54. The van der Waals surface area contributed by atoms with Crippen molar-refractivity contribution in [1.82, 2.24) is 10.3 Å². The Morgan fingerprint density at radius 3 is 3.09 bits per heavy atom. The van der Waals surface area contributed by atoms with Crippen molar-refractivity contribution in [2.75, 3.05) is 20.2 Å². The molecular formula is C19H22N2O2. The lowest BCUT2D eigenvalue weighted by atomic mass is 10.2. The molecule has 0 atom stereocenters. The van der Waals surface area contributed by atoms with Crippen LogP contribution in [0.4, 0.5) is 0 Å². The number of methoxy groups -OCH3 is 1. The Morgan fingerprint density at radius 2 is 2.30 bits per heavy atom. The van der Waals surface area contributed by atoms with Crippen LogP contribution in [0.5, 0.6) is 0 Å². The van der Waals surface area contributed by atoms with Crippen molar-refractivity contribution >= 4 is 5.97 Å². The van der Waals surface area contributed by atoms with Gasteiger partial charge in [0, 0.05) is 37.5 Å². The van der Waals surface area contributed by atoms with Crippen LogP contribution in [-0.4, -0.2) is 31.2 Å². The number of rotatable bonds is 7. The van der Waals surface area contributed by atoms with Crippen LogP contribution in [0.25, 0.3) is 0 Å². The Kier molecular flexibility index (Phi) is 7.01. The van der Waals surface area contributed by atoms with Gasteiger partial charge in [0.2, 0.25) is 0 Å². The van der Waals surface area contributed by atoms with Gasteiger partial charge in [-0.15, -0.1) is 0 Å². The van der Waals surface area contributed by atoms with Crippen LogP contribution in [0.15, 0.2) is 72.0 Å². The average Bonchev–Trinajstić information content (AvgIpc) is 2.83. The number of esters is 1. The summed E-state index contributed by atoms with van der Waals surface area (Å²) in [6.45, 7) is 1.75. The highest BCUT2D eigenvalue weighted by molar-refractivity contribution is 5.82. The standard InChI is InChI=1S/C19H22N2O2/c1-23-19(22)11-10-16-5-4-6-17(9-8-16)15-20-14-12-18-7-2-3-13-21-18/h2-5,7-11,13,20H,6,12,14-15H2,1H3/b11-10+. The van der Waals surface area contributed by atoms with E-state index in [2.05, 4.69) is 27.2 Å². The molecule has 120 valence electrons. The molecule has 4 nitrogen and oxygen atoms in total. The number of carbonyl (C=O) groups excluding carboxylic acids is 1. The maximum atomic E-state index is 11.1. The number of hydrogen-bond acceptors (Lipinski definition) is 4. The number of hydrogen-bond donors (Lipinski definition) is 1. The maximum Gasteiger partial charge on any atom is 0.330 e. The molecule has 0 unspecified atom stereocenters. The first-order valence-corrected chi connectivity index (χ1v) is 7.71. The number of ether oxygens (including phenoxy) is 1. The van der Waals surface area contributed by atoms with Crippen LogP contribution in [-0.2, 0) is 16.0 Å². The van der Waals surface area contributed by atoms with Crippen molar-refractivity contribution in [3.05, 3.63) is 77.7 Å². The predicted molar refractivity (Wildman–Crippen MR) is 91.9 cm³/mol. The van der Waals surface area contributed by atoms with Crippen molar-refractivity contribution in [3.63, 3.8) is 0 Å². The molecule has 0 radical (unpaired) electrons. The van der Waals surface area contributed by atoms with Gasteiger partial charge in [0.15, 0.2) is 0 Å². The van der Waals surface area contributed by atoms with Gasteiger partial charge in [-0.1, -0.05) is 35.9 Å². The fraction of sp³-hybridized carbons (Fsp3) is 0.263.